The Labute approximate surface area is 77.5 Å². The van der Waals surface area contributed by atoms with Gasteiger partial charge >= 0.3 is 0 Å². The zero-order valence-electron chi connectivity index (χ0n) is 7.39. The number of rotatable bonds is 0. The Morgan fingerprint density at radius 2 is 1.75 bits per heavy atom. The quantitative estimate of drug-likeness (QED) is 0.449. The molecule has 0 atom stereocenters. The molecule has 2 N–H and O–H groups in total. The van der Waals surface area contributed by atoms with Crippen LogP contribution in [0.2, 0.25) is 0 Å². The molecule has 0 bridgehead atoms. The highest BCUT2D eigenvalue weighted by Gasteiger charge is 2.13. The van der Waals surface area contributed by atoms with Gasteiger partial charge in [-0.05, 0) is 37.9 Å². The predicted molar refractivity (Wildman–Crippen MR) is 54.1 cm³/mol. The third kappa shape index (κ3) is 2.85. The third-order valence-electron chi connectivity index (χ3n) is 1.89. The largest absolute Gasteiger partial charge is 0.351 e. The van der Waals surface area contributed by atoms with Gasteiger partial charge in [0.15, 0.2) is 5.17 Å². The van der Waals surface area contributed by atoms with Crippen molar-refractivity contribution in [2.45, 2.75) is 26.2 Å². The summed E-state index contributed by atoms with van der Waals surface area (Å²) in [5.74, 6) is 0. The molecule has 0 aromatic carbocycles. The molecule has 1 aliphatic heterocycles. The van der Waals surface area contributed by atoms with Crippen LogP contribution in [0.4, 0.5) is 0 Å². The molecule has 0 aromatic rings. The van der Waals surface area contributed by atoms with E-state index in [2.05, 4.69) is 4.90 Å². The second-order valence-electron chi connectivity index (χ2n) is 3.01. The highest BCUT2D eigenvalue weighted by Crippen LogP contribution is 2.14. The van der Waals surface area contributed by atoms with Crippen molar-refractivity contribution in [3.8, 4) is 0 Å². The van der Waals surface area contributed by atoms with Crippen molar-refractivity contribution in [3.63, 3.8) is 0 Å². The molecule has 1 aliphatic rings. The topological polar surface area (TPSA) is 50.9 Å². The van der Waals surface area contributed by atoms with Gasteiger partial charge in [0.1, 0.15) is 0 Å². The average Bonchev–Trinajstić information content (AvgIpc) is 2.05. The summed E-state index contributed by atoms with van der Waals surface area (Å²) >= 11 is 1.25. The minimum Gasteiger partial charge on any atom is -0.351 e. The van der Waals surface area contributed by atoms with Gasteiger partial charge in [-0.2, -0.15) is 0 Å². The summed E-state index contributed by atoms with van der Waals surface area (Å²) in [6.45, 7) is 3.72. The lowest BCUT2D eigenvalue weighted by atomic mass is 10.1. The van der Waals surface area contributed by atoms with Crippen LogP contribution in [0, 0.1) is 10.8 Å². The Bertz CT molecular complexity index is 185. The fraction of sp³-hybridized carbons (Fsp3) is 0.750. The molecule has 0 radical (unpaired) electrons. The highest BCUT2D eigenvalue weighted by atomic mass is 32.2. The molecule has 1 fully saturated rings. The molecule has 1 saturated heterocycles. The second-order valence-corrected chi connectivity index (χ2v) is 4.21. The van der Waals surface area contributed by atoms with Crippen LogP contribution in [0.5, 0.6) is 0 Å². The number of thioether (sulfide) groups is 1. The van der Waals surface area contributed by atoms with E-state index in [-0.39, 0.29) is 0 Å². The SMILES string of the molecule is CC(=N)SC(=N)N1CCCCC1. The van der Waals surface area contributed by atoms with Crippen molar-refractivity contribution >= 4 is 22.0 Å². The van der Waals surface area contributed by atoms with E-state index in [0.717, 1.165) is 13.1 Å². The van der Waals surface area contributed by atoms with Crippen LogP contribution in [0.1, 0.15) is 26.2 Å². The van der Waals surface area contributed by atoms with E-state index in [1.54, 1.807) is 6.92 Å². The molecule has 0 unspecified atom stereocenters. The van der Waals surface area contributed by atoms with Crippen LogP contribution in [-0.2, 0) is 0 Å². The molecular weight excluding hydrogens is 170 g/mol. The van der Waals surface area contributed by atoms with Crippen LogP contribution >= 0.6 is 11.8 Å². The molecule has 1 rings (SSSR count). The van der Waals surface area contributed by atoms with Gasteiger partial charge in [0.25, 0.3) is 0 Å². The molecule has 3 nitrogen and oxygen atoms in total. The summed E-state index contributed by atoms with van der Waals surface area (Å²) in [7, 11) is 0. The van der Waals surface area contributed by atoms with Gasteiger partial charge in [-0.15, -0.1) is 0 Å². The minimum atomic E-state index is 0.505. The number of nitrogens with zero attached hydrogens (tertiary/aromatic N) is 1. The summed E-state index contributed by atoms with van der Waals surface area (Å²) in [6.07, 6.45) is 3.68. The first-order chi connectivity index (χ1) is 5.70. The first-order valence-corrected chi connectivity index (χ1v) is 5.08. The number of hydrogen-bond donors (Lipinski definition) is 2. The van der Waals surface area contributed by atoms with E-state index >= 15 is 0 Å². The molecule has 1 heterocycles. The predicted octanol–water partition coefficient (Wildman–Crippen LogP) is 2.14. The molecule has 4 heteroatoms. The minimum absolute atomic E-state index is 0.505. The summed E-state index contributed by atoms with van der Waals surface area (Å²) in [4.78, 5) is 2.06. The van der Waals surface area contributed by atoms with Gasteiger partial charge in [0, 0.05) is 13.1 Å². The molecule has 0 spiro atoms. The second kappa shape index (κ2) is 4.50. The zero-order chi connectivity index (χ0) is 8.97. The first-order valence-electron chi connectivity index (χ1n) is 4.26. The normalized spacial score (nSPS) is 17.6. The highest BCUT2D eigenvalue weighted by molar-refractivity contribution is 8.26. The van der Waals surface area contributed by atoms with Gasteiger partial charge in [0.05, 0.1) is 5.04 Å². The fourth-order valence-electron chi connectivity index (χ4n) is 1.31. The van der Waals surface area contributed by atoms with E-state index in [1.807, 2.05) is 0 Å². The Hall–Kier alpha value is -0.510. The Balaban J connectivity index is 2.34. The molecule has 68 valence electrons. The lowest BCUT2D eigenvalue weighted by molar-refractivity contribution is 0.346. The summed E-state index contributed by atoms with van der Waals surface area (Å²) in [5.41, 5.74) is 0. The Morgan fingerprint density at radius 3 is 2.25 bits per heavy atom. The number of piperidine rings is 1. The lowest BCUT2D eigenvalue weighted by Gasteiger charge is -2.27. The Morgan fingerprint density at radius 1 is 1.17 bits per heavy atom. The van der Waals surface area contributed by atoms with Gasteiger partial charge < -0.3 is 4.90 Å². The smallest absolute Gasteiger partial charge is 0.162 e. The number of likely N-dealkylation sites (tertiary alicyclic amines) is 1. The van der Waals surface area contributed by atoms with Crippen molar-refractivity contribution in [1.29, 1.82) is 10.8 Å². The molecular formula is C8H15N3S. The van der Waals surface area contributed by atoms with Crippen LogP contribution < -0.4 is 0 Å². The first kappa shape index (κ1) is 9.58. The number of nitrogens with one attached hydrogen (secondary N) is 2. The van der Waals surface area contributed by atoms with Crippen LogP contribution in [0.3, 0.4) is 0 Å². The van der Waals surface area contributed by atoms with E-state index in [1.165, 1.54) is 31.0 Å². The van der Waals surface area contributed by atoms with Crippen molar-refractivity contribution in [2.24, 2.45) is 0 Å². The van der Waals surface area contributed by atoms with Crippen molar-refractivity contribution in [1.82, 2.24) is 4.90 Å². The lowest BCUT2D eigenvalue weighted by Crippen LogP contribution is -2.33. The van der Waals surface area contributed by atoms with Crippen molar-refractivity contribution in [3.05, 3.63) is 0 Å². The monoisotopic (exact) mass is 185 g/mol. The van der Waals surface area contributed by atoms with E-state index in [4.69, 9.17) is 10.8 Å². The van der Waals surface area contributed by atoms with E-state index < -0.39 is 0 Å². The van der Waals surface area contributed by atoms with E-state index in [9.17, 15) is 0 Å². The molecule has 12 heavy (non-hydrogen) atoms. The maximum absolute atomic E-state index is 7.66. The molecule has 0 amide bonds. The third-order valence-corrected chi connectivity index (χ3v) is 2.65. The van der Waals surface area contributed by atoms with Crippen LogP contribution in [0.25, 0.3) is 0 Å². The molecule has 0 aromatic heterocycles. The van der Waals surface area contributed by atoms with Gasteiger partial charge in [0.2, 0.25) is 0 Å². The van der Waals surface area contributed by atoms with Gasteiger partial charge in [-0.25, -0.2) is 0 Å². The molecule has 0 aliphatic carbocycles. The number of amidine groups is 1. The summed E-state index contributed by atoms with van der Waals surface area (Å²) in [6, 6.07) is 0. The van der Waals surface area contributed by atoms with Crippen molar-refractivity contribution in [2.75, 3.05) is 13.1 Å². The van der Waals surface area contributed by atoms with E-state index in [0.29, 0.717) is 10.2 Å². The average molecular weight is 185 g/mol. The molecule has 0 saturated carbocycles. The van der Waals surface area contributed by atoms with Crippen LogP contribution in [-0.4, -0.2) is 28.2 Å². The number of hydrogen-bond acceptors (Lipinski definition) is 3. The van der Waals surface area contributed by atoms with Crippen LogP contribution in [0.15, 0.2) is 0 Å². The Kier molecular flexibility index (Phi) is 3.59. The zero-order valence-corrected chi connectivity index (χ0v) is 8.21. The standard InChI is InChI=1S/C8H15N3S/c1-7(9)12-8(10)11-5-3-2-4-6-11/h9-10H,2-6H2,1H3. The summed E-state index contributed by atoms with van der Waals surface area (Å²) in [5, 5.41) is 15.9. The maximum atomic E-state index is 7.66. The van der Waals surface area contributed by atoms with Gasteiger partial charge in [-0.1, -0.05) is 0 Å². The van der Waals surface area contributed by atoms with Gasteiger partial charge in [-0.3, -0.25) is 10.8 Å². The summed E-state index contributed by atoms with van der Waals surface area (Å²) < 4.78 is 0. The maximum Gasteiger partial charge on any atom is 0.162 e. The fourth-order valence-corrected chi connectivity index (χ4v) is 1.91. The van der Waals surface area contributed by atoms with Crippen molar-refractivity contribution < 1.29 is 0 Å².